The van der Waals surface area contributed by atoms with Crippen LogP contribution in [0.1, 0.15) is 29.6 Å². The zero-order valence-corrected chi connectivity index (χ0v) is 13.9. The maximum Gasteiger partial charge on any atom is 0.255 e. The first-order valence-corrected chi connectivity index (χ1v) is 8.24. The number of piperidine rings is 2. The Morgan fingerprint density at radius 1 is 1.30 bits per heavy atom. The number of aliphatic hydroxyl groups is 1. The smallest absolute Gasteiger partial charge is 0.255 e. The lowest BCUT2D eigenvalue weighted by molar-refractivity contribution is -0.0601. The maximum atomic E-state index is 12.8. The third-order valence-electron chi connectivity index (χ3n) is 5.63. The highest BCUT2D eigenvalue weighted by Crippen LogP contribution is 2.41. The van der Waals surface area contributed by atoms with E-state index >= 15 is 0 Å². The van der Waals surface area contributed by atoms with E-state index in [0.717, 1.165) is 25.8 Å². The van der Waals surface area contributed by atoms with Gasteiger partial charge in [-0.05, 0) is 38.9 Å². The molecule has 0 radical (unpaired) electrons. The molecule has 126 valence electrons. The summed E-state index contributed by atoms with van der Waals surface area (Å²) >= 11 is 0. The molecule has 1 aromatic heterocycles. The van der Waals surface area contributed by atoms with Gasteiger partial charge in [-0.1, -0.05) is 0 Å². The molecule has 0 bridgehead atoms. The summed E-state index contributed by atoms with van der Waals surface area (Å²) < 4.78 is 1.43. The van der Waals surface area contributed by atoms with Gasteiger partial charge in [0.15, 0.2) is 0 Å². The lowest BCUT2D eigenvalue weighted by Gasteiger charge is -2.53. The minimum absolute atomic E-state index is 0.0360. The van der Waals surface area contributed by atoms with Gasteiger partial charge in [-0.25, -0.2) is 0 Å². The van der Waals surface area contributed by atoms with Gasteiger partial charge < -0.3 is 19.5 Å². The van der Waals surface area contributed by atoms with Crippen LogP contribution < -0.4 is 5.56 Å². The van der Waals surface area contributed by atoms with Crippen molar-refractivity contribution in [2.24, 2.45) is 12.5 Å². The van der Waals surface area contributed by atoms with E-state index in [1.165, 1.54) is 10.6 Å². The predicted octanol–water partition coefficient (Wildman–Crippen LogP) is 0.304. The van der Waals surface area contributed by atoms with Gasteiger partial charge in [-0.2, -0.15) is 0 Å². The van der Waals surface area contributed by atoms with Gasteiger partial charge in [-0.15, -0.1) is 0 Å². The molecular weight excluding hydrogens is 294 g/mol. The number of aliphatic hydroxyl groups excluding tert-OH is 1. The van der Waals surface area contributed by atoms with Crippen molar-refractivity contribution in [3.63, 3.8) is 0 Å². The first-order chi connectivity index (χ1) is 11.0. The number of amides is 1. The van der Waals surface area contributed by atoms with Crippen LogP contribution in [0.25, 0.3) is 0 Å². The number of carbonyl (C=O) groups excluding carboxylic acids is 1. The molecule has 0 spiro atoms. The Kier molecular flexibility index (Phi) is 4.29. The molecule has 2 atom stereocenters. The third-order valence-corrected chi connectivity index (χ3v) is 5.63. The molecule has 1 N–H and O–H groups in total. The number of aryl methyl sites for hydroxylation is 1. The zero-order valence-electron chi connectivity index (χ0n) is 13.9. The molecule has 0 unspecified atom stereocenters. The second-order valence-electron chi connectivity index (χ2n) is 6.99. The lowest BCUT2D eigenvalue weighted by atomic mass is 9.69. The Morgan fingerprint density at radius 2 is 2.09 bits per heavy atom. The fourth-order valence-electron chi connectivity index (χ4n) is 4.10. The molecule has 6 nitrogen and oxygen atoms in total. The Morgan fingerprint density at radius 3 is 2.78 bits per heavy atom. The van der Waals surface area contributed by atoms with E-state index in [-0.39, 0.29) is 29.5 Å². The number of likely N-dealkylation sites (tertiary alicyclic amines) is 2. The van der Waals surface area contributed by atoms with Crippen LogP contribution >= 0.6 is 0 Å². The summed E-state index contributed by atoms with van der Waals surface area (Å²) in [7, 11) is 3.73. The van der Waals surface area contributed by atoms with Crippen molar-refractivity contribution in [2.75, 3.05) is 33.3 Å². The first-order valence-electron chi connectivity index (χ1n) is 8.24. The molecule has 1 aromatic rings. The van der Waals surface area contributed by atoms with Crippen LogP contribution in [0, 0.1) is 5.41 Å². The standard InChI is InChI=1S/C17H25N3O3/c1-18-8-3-6-17(12-21)7-9-20(11-14(17)18)16(23)13-4-5-15(22)19(2)10-13/h4-5,10,14,21H,3,6-9,11-12H2,1-2H3/t14-,17-/m1/s1. The highest BCUT2D eigenvalue weighted by Gasteiger charge is 2.47. The van der Waals surface area contributed by atoms with Crippen molar-refractivity contribution >= 4 is 5.91 Å². The summed E-state index contributed by atoms with van der Waals surface area (Å²) in [6.45, 7) is 2.49. The molecule has 2 fully saturated rings. The molecule has 0 aromatic carbocycles. The lowest BCUT2D eigenvalue weighted by Crippen LogP contribution is -2.62. The van der Waals surface area contributed by atoms with Gasteiger partial charge in [0.05, 0.1) is 12.2 Å². The van der Waals surface area contributed by atoms with Crippen LogP contribution in [0.15, 0.2) is 23.1 Å². The van der Waals surface area contributed by atoms with Crippen LogP contribution in [-0.2, 0) is 7.05 Å². The number of hydrogen-bond donors (Lipinski definition) is 1. The third kappa shape index (κ3) is 2.81. The number of likely N-dealkylation sites (N-methyl/N-ethyl adjacent to an activating group) is 1. The number of nitrogens with zero attached hydrogens (tertiary/aromatic N) is 3. The molecule has 3 rings (SSSR count). The van der Waals surface area contributed by atoms with Crippen molar-refractivity contribution in [3.8, 4) is 0 Å². The van der Waals surface area contributed by atoms with E-state index in [0.29, 0.717) is 18.7 Å². The number of carbonyl (C=O) groups is 1. The Balaban J connectivity index is 1.81. The fourth-order valence-corrected chi connectivity index (χ4v) is 4.10. The fraction of sp³-hybridized carbons (Fsp3) is 0.647. The van der Waals surface area contributed by atoms with Crippen LogP contribution in [-0.4, -0.2) is 64.7 Å². The average Bonchev–Trinajstić information content (AvgIpc) is 2.56. The van der Waals surface area contributed by atoms with Gasteiger partial charge in [0.2, 0.25) is 5.56 Å². The van der Waals surface area contributed by atoms with Gasteiger partial charge in [0.25, 0.3) is 5.91 Å². The Hall–Kier alpha value is -1.66. The minimum atomic E-state index is -0.119. The summed E-state index contributed by atoms with van der Waals surface area (Å²) in [6.07, 6.45) is 4.56. The summed E-state index contributed by atoms with van der Waals surface area (Å²) in [5.41, 5.74) is 0.349. The van der Waals surface area contributed by atoms with Gasteiger partial charge in [0.1, 0.15) is 0 Å². The molecule has 0 aliphatic carbocycles. The van der Waals surface area contributed by atoms with Crippen LogP contribution in [0.3, 0.4) is 0 Å². The zero-order chi connectivity index (χ0) is 16.6. The molecule has 6 heteroatoms. The molecule has 2 aliphatic rings. The van der Waals surface area contributed by atoms with Gasteiger partial charge >= 0.3 is 0 Å². The van der Waals surface area contributed by atoms with E-state index in [4.69, 9.17) is 0 Å². The summed E-state index contributed by atoms with van der Waals surface area (Å²) in [4.78, 5) is 28.4. The molecule has 2 aliphatic heterocycles. The number of fused-ring (bicyclic) bond motifs is 1. The van der Waals surface area contributed by atoms with Crippen molar-refractivity contribution in [1.29, 1.82) is 0 Å². The van der Waals surface area contributed by atoms with Crippen LogP contribution in [0.4, 0.5) is 0 Å². The van der Waals surface area contributed by atoms with E-state index in [9.17, 15) is 14.7 Å². The van der Waals surface area contributed by atoms with Crippen molar-refractivity contribution in [3.05, 3.63) is 34.2 Å². The van der Waals surface area contributed by atoms with E-state index < -0.39 is 0 Å². The van der Waals surface area contributed by atoms with Crippen molar-refractivity contribution in [1.82, 2.24) is 14.4 Å². The monoisotopic (exact) mass is 319 g/mol. The van der Waals surface area contributed by atoms with Crippen LogP contribution in [0.2, 0.25) is 0 Å². The second-order valence-corrected chi connectivity index (χ2v) is 6.99. The van der Waals surface area contributed by atoms with Crippen molar-refractivity contribution < 1.29 is 9.90 Å². The Bertz CT molecular complexity index is 657. The molecule has 3 heterocycles. The summed E-state index contributed by atoms with van der Waals surface area (Å²) in [5.74, 6) is -0.0360. The van der Waals surface area contributed by atoms with E-state index in [1.807, 2.05) is 4.90 Å². The quantitative estimate of drug-likeness (QED) is 0.852. The molecule has 2 saturated heterocycles. The van der Waals surface area contributed by atoms with Gasteiger partial charge in [-0.3, -0.25) is 9.59 Å². The van der Waals surface area contributed by atoms with E-state index in [2.05, 4.69) is 11.9 Å². The second kappa shape index (κ2) is 6.09. The largest absolute Gasteiger partial charge is 0.396 e. The van der Waals surface area contributed by atoms with Crippen LogP contribution in [0.5, 0.6) is 0 Å². The molecule has 1 amide bonds. The normalized spacial score (nSPS) is 28.5. The SMILES string of the molecule is CN1CCC[C@]2(CO)CCN(C(=O)c3ccc(=O)n(C)c3)C[C@@H]12. The topological polar surface area (TPSA) is 65.8 Å². The molecular formula is C17H25N3O3. The average molecular weight is 319 g/mol. The highest BCUT2D eigenvalue weighted by atomic mass is 16.3. The number of rotatable bonds is 2. The maximum absolute atomic E-state index is 12.8. The summed E-state index contributed by atoms with van der Waals surface area (Å²) in [6, 6.07) is 3.23. The summed E-state index contributed by atoms with van der Waals surface area (Å²) in [5, 5.41) is 9.94. The highest BCUT2D eigenvalue weighted by molar-refractivity contribution is 5.94. The predicted molar refractivity (Wildman–Crippen MR) is 87.4 cm³/mol. The number of pyridine rings is 1. The minimum Gasteiger partial charge on any atom is -0.396 e. The Labute approximate surface area is 136 Å². The van der Waals surface area contributed by atoms with Crippen molar-refractivity contribution in [2.45, 2.75) is 25.3 Å². The molecule has 0 saturated carbocycles. The first kappa shape index (κ1) is 16.2. The van der Waals surface area contributed by atoms with Gasteiger partial charge in [0, 0.05) is 43.9 Å². The van der Waals surface area contributed by atoms with E-state index in [1.54, 1.807) is 19.3 Å². The number of aromatic nitrogens is 1. The number of hydrogen-bond acceptors (Lipinski definition) is 4. The molecule has 23 heavy (non-hydrogen) atoms.